The largest absolute Gasteiger partial charge is 0.377 e. The molecule has 1 fully saturated rings. The van der Waals surface area contributed by atoms with E-state index < -0.39 is 61.8 Å². The number of hydrogen-bond acceptors (Lipinski definition) is 4. The van der Waals surface area contributed by atoms with Gasteiger partial charge in [0.15, 0.2) is 11.6 Å². The fourth-order valence-corrected chi connectivity index (χ4v) is 4.75. The van der Waals surface area contributed by atoms with Gasteiger partial charge in [0.05, 0.1) is 29.9 Å². The summed E-state index contributed by atoms with van der Waals surface area (Å²) in [6, 6.07) is 4.50. The summed E-state index contributed by atoms with van der Waals surface area (Å²) in [5.41, 5.74) is -2.42. The highest BCUT2D eigenvalue weighted by Crippen LogP contribution is 2.28. The molecule has 5 nitrogen and oxygen atoms in total. The van der Waals surface area contributed by atoms with Crippen molar-refractivity contribution in [3.8, 4) is 0 Å². The quantitative estimate of drug-likeness (QED) is 0.494. The molecule has 0 aromatic heterocycles. The van der Waals surface area contributed by atoms with Gasteiger partial charge in [-0.2, -0.15) is 0 Å². The first-order chi connectivity index (χ1) is 13.9. The summed E-state index contributed by atoms with van der Waals surface area (Å²) in [6.45, 7) is 1.76. The smallest absolute Gasteiger partial charge is 0.266 e. The molecule has 2 aromatic carbocycles. The number of ketones is 1. The van der Waals surface area contributed by atoms with Crippen LogP contribution < -0.4 is 4.72 Å². The summed E-state index contributed by atoms with van der Waals surface area (Å²) in [7, 11) is -4.37. The molecule has 2 aromatic rings. The number of nitrogens with one attached hydrogen (secondary N) is 1. The molecular formula is C19H16ClF4NO4S. The summed E-state index contributed by atoms with van der Waals surface area (Å²) in [6.07, 6.45) is -3.65. The van der Waals surface area contributed by atoms with Crippen molar-refractivity contribution in [1.82, 2.24) is 4.72 Å². The van der Waals surface area contributed by atoms with E-state index >= 15 is 0 Å². The number of carbonyl (C=O) groups excluding carboxylic acids is 1. The van der Waals surface area contributed by atoms with E-state index in [1.54, 1.807) is 6.92 Å². The van der Waals surface area contributed by atoms with E-state index in [1.165, 1.54) is 0 Å². The Morgan fingerprint density at radius 3 is 2.47 bits per heavy atom. The molecule has 0 spiro atoms. The van der Waals surface area contributed by atoms with Crippen LogP contribution in [0.5, 0.6) is 0 Å². The van der Waals surface area contributed by atoms with E-state index in [0.717, 1.165) is 30.3 Å². The molecular weight excluding hydrogens is 450 g/mol. The molecule has 1 aliphatic rings. The highest BCUT2D eigenvalue weighted by molar-refractivity contribution is 7.89. The van der Waals surface area contributed by atoms with E-state index in [2.05, 4.69) is 4.72 Å². The van der Waals surface area contributed by atoms with Crippen molar-refractivity contribution >= 4 is 27.4 Å². The zero-order valence-electron chi connectivity index (χ0n) is 15.5. The van der Waals surface area contributed by atoms with Crippen molar-refractivity contribution in [1.29, 1.82) is 0 Å². The van der Waals surface area contributed by atoms with E-state index in [-0.39, 0.29) is 23.8 Å². The minimum Gasteiger partial charge on any atom is -0.377 e. The van der Waals surface area contributed by atoms with Gasteiger partial charge >= 0.3 is 0 Å². The standard InChI is InChI=1S/C19H16ClF4NO4S/c1-19(8-29-9-19)25-30(27,28)16-7-11(20)6-13(17(16)22)15(26)5-10-2-3-14(21)12(4-10)18(23)24/h2-4,6-7,18,25H,5,8-9H2,1H3. The molecule has 0 unspecified atom stereocenters. The van der Waals surface area contributed by atoms with E-state index in [1.807, 2.05) is 0 Å². The monoisotopic (exact) mass is 465 g/mol. The summed E-state index contributed by atoms with van der Waals surface area (Å²) in [5, 5.41) is -0.206. The molecule has 11 heteroatoms. The molecule has 1 heterocycles. The van der Waals surface area contributed by atoms with Gasteiger partial charge in [0, 0.05) is 11.4 Å². The zero-order valence-corrected chi connectivity index (χ0v) is 17.1. The predicted octanol–water partition coefficient (Wildman–Crippen LogP) is 4.05. The van der Waals surface area contributed by atoms with Crippen LogP contribution in [-0.2, 0) is 21.2 Å². The number of halogens is 5. The number of ether oxygens (including phenoxy) is 1. The SMILES string of the molecule is CC1(NS(=O)(=O)c2cc(Cl)cc(C(=O)Cc3ccc(F)c(C(F)F)c3)c2F)COC1. The van der Waals surface area contributed by atoms with Crippen LogP contribution in [0.3, 0.4) is 0 Å². The van der Waals surface area contributed by atoms with Gasteiger partial charge < -0.3 is 4.74 Å². The number of carbonyl (C=O) groups is 1. The third-order valence-corrected chi connectivity index (χ3v) is 6.33. The van der Waals surface area contributed by atoms with Crippen LogP contribution in [0.25, 0.3) is 0 Å². The van der Waals surface area contributed by atoms with Crippen LogP contribution in [0.4, 0.5) is 17.6 Å². The number of benzene rings is 2. The van der Waals surface area contributed by atoms with Crippen LogP contribution in [0, 0.1) is 11.6 Å². The Hall–Kier alpha value is -2.01. The number of rotatable bonds is 7. The lowest BCUT2D eigenvalue weighted by Gasteiger charge is -2.38. The Labute approximate surface area is 175 Å². The lowest BCUT2D eigenvalue weighted by Crippen LogP contribution is -2.59. The summed E-state index contributed by atoms with van der Waals surface area (Å²) < 4.78 is 86.6. The third-order valence-electron chi connectivity index (χ3n) is 4.48. The molecule has 0 bridgehead atoms. The second-order valence-corrected chi connectivity index (χ2v) is 9.27. The minimum absolute atomic E-state index is 0.0118. The van der Waals surface area contributed by atoms with Gasteiger partial charge in [0.1, 0.15) is 10.7 Å². The Morgan fingerprint density at radius 2 is 1.90 bits per heavy atom. The molecule has 0 saturated carbocycles. The zero-order chi connectivity index (χ0) is 22.3. The maximum Gasteiger partial charge on any atom is 0.266 e. The lowest BCUT2D eigenvalue weighted by atomic mass is 10.0. The van der Waals surface area contributed by atoms with Crippen LogP contribution in [-0.4, -0.2) is 33.0 Å². The van der Waals surface area contributed by atoms with Crippen molar-refractivity contribution in [2.45, 2.75) is 30.2 Å². The van der Waals surface area contributed by atoms with E-state index in [9.17, 15) is 30.8 Å². The fraction of sp³-hybridized carbons (Fsp3) is 0.316. The lowest BCUT2D eigenvalue weighted by molar-refractivity contribution is -0.0523. The molecule has 0 radical (unpaired) electrons. The number of alkyl halides is 2. The number of sulfonamides is 1. The summed E-state index contributed by atoms with van der Waals surface area (Å²) in [5.74, 6) is -3.36. The van der Waals surface area contributed by atoms with Gasteiger partial charge in [-0.05, 0) is 36.8 Å². The Bertz CT molecular complexity index is 1100. The van der Waals surface area contributed by atoms with Crippen molar-refractivity contribution < 1.29 is 35.5 Å². The molecule has 30 heavy (non-hydrogen) atoms. The van der Waals surface area contributed by atoms with Gasteiger partial charge in [-0.3, -0.25) is 4.79 Å². The van der Waals surface area contributed by atoms with Crippen LogP contribution >= 0.6 is 11.6 Å². The highest BCUT2D eigenvalue weighted by Gasteiger charge is 2.39. The minimum atomic E-state index is -4.37. The molecule has 0 aliphatic carbocycles. The molecule has 1 saturated heterocycles. The fourth-order valence-electron chi connectivity index (χ4n) is 2.96. The molecule has 3 rings (SSSR count). The van der Waals surface area contributed by atoms with Gasteiger partial charge in [-0.15, -0.1) is 0 Å². The first-order valence-electron chi connectivity index (χ1n) is 8.62. The first-order valence-corrected chi connectivity index (χ1v) is 10.5. The van der Waals surface area contributed by atoms with Gasteiger partial charge in [-0.1, -0.05) is 17.7 Å². The summed E-state index contributed by atoms with van der Waals surface area (Å²) in [4.78, 5) is 11.7. The molecule has 1 aliphatic heterocycles. The van der Waals surface area contributed by atoms with Crippen molar-refractivity contribution in [2.75, 3.05) is 13.2 Å². The highest BCUT2D eigenvalue weighted by atomic mass is 35.5. The van der Waals surface area contributed by atoms with E-state index in [0.29, 0.717) is 0 Å². The molecule has 0 atom stereocenters. The molecule has 1 N–H and O–H groups in total. The van der Waals surface area contributed by atoms with Gasteiger partial charge in [0.2, 0.25) is 10.0 Å². The van der Waals surface area contributed by atoms with Crippen LogP contribution in [0.15, 0.2) is 35.2 Å². The first kappa shape index (κ1) is 22.7. The van der Waals surface area contributed by atoms with E-state index in [4.69, 9.17) is 16.3 Å². The average Bonchev–Trinajstić information content (AvgIpc) is 2.62. The number of hydrogen-bond donors (Lipinski definition) is 1. The van der Waals surface area contributed by atoms with Crippen LogP contribution in [0.2, 0.25) is 5.02 Å². The summed E-state index contributed by atoms with van der Waals surface area (Å²) >= 11 is 5.90. The predicted molar refractivity (Wildman–Crippen MR) is 100 cm³/mol. The Morgan fingerprint density at radius 1 is 1.23 bits per heavy atom. The van der Waals surface area contributed by atoms with Crippen molar-refractivity contribution in [2.24, 2.45) is 0 Å². The maximum atomic E-state index is 15.0. The van der Waals surface area contributed by atoms with Gasteiger partial charge in [0.25, 0.3) is 6.43 Å². The molecule has 162 valence electrons. The average molecular weight is 466 g/mol. The second kappa shape index (κ2) is 8.26. The van der Waals surface area contributed by atoms with Crippen LogP contribution in [0.1, 0.15) is 34.8 Å². The van der Waals surface area contributed by atoms with Gasteiger partial charge in [-0.25, -0.2) is 30.7 Å². The maximum absolute atomic E-state index is 15.0. The second-order valence-electron chi connectivity index (χ2n) is 7.18. The Kier molecular flexibility index (Phi) is 6.24. The number of Topliss-reactive ketones (excluding diaryl/α,β-unsaturated/α-hetero) is 1. The Balaban J connectivity index is 1.93. The van der Waals surface area contributed by atoms with Crippen molar-refractivity contribution in [3.63, 3.8) is 0 Å². The third kappa shape index (κ3) is 4.66. The van der Waals surface area contributed by atoms with Crippen molar-refractivity contribution in [3.05, 3.63) is 63.7 Å². The topological polar surface area (TPSA) is 72.5 Å². The normalized spacial score (nSPS) is 15.8. The molecule has 0 amide bonds.